The number of thiophene rings is 1. The highest BCUT2D eigenvalue weighted by atomic mass is 35.5. The highest BCUT2D eigenvalue weighted by Gasteiger charge is 2.27. The molecule has 0 unspecified atom stereocenters. The summed E-state index contributed by atoms with van der Waals surface area (Å²) in [5.74, 6) is 0.292. The van der Waals surface area contributed by atoms with E-state index in [9.17, 15) is 13.2 Å². The molecule has 1 aliphatic heterocycles. The van der Waals surface area contributed by atoms with Gasteiger partial charge in [-0.2, -0.15) is 4.31 Å². The van der Waals surface area contributed by atoms with Gasteiger partial charge in [-0.05, 0) is 43.2 Å². The van der Waals surface area contributed by atoms with Crippen molar-refractivity contribution in [1.82, 2.24) is 4.31 Å². The lowest BCUT2D eigenvalue weighted by molar-refractivity contribution is -0.115. The third-order valence-corrected chi connectivity index (χ3v) is 8.06. The van der Waals surface area contributed by atoms with Crippen molar-refractivity contribution in [3.63, 3.8) is 0 Å². The van der Waals surface area contributed by atoms with Crippen LogP contribution < -0.4 is 10.1 Å². The number of anilines is 1. The maximum atomic E-state index is 12.7. The van der Waals surface area contributed by atoms with E-state index in [0.717, 1.165) is 30.6 Å². The summed E-state index contributed by atoms with van der Waals surface area (Å²) in [5.41, 5.74) is 0.559. The van der Waals surface area contributed by atoms with Gasteiger partial charge in [0, 0.05) is 23.7 Å². The minimum Gasteiger partial charge on any atom is -0.495 e. The maximum Gasteiger partial charge on any atom is 0.252 e. The number of hydrogen-bond acceptors (Lipinski definition) is 5. The molecule has 0 radical (unpaired) electrons. The lowest BCUT2D eigenvalue weighted by Gasteiger charge is -2.25. The standard InChI is InChI=1S/C18H21ClN2O4S2/c1-25-16-7-5-13(11-15(16)19)20-17(22)12-14-6-8-18(26-14)27(23,24)21-9-3-2-4-10-21/h5-8,11H,2-4,9-10,12H2,1H3,(H,20,22). The van der Waals surface area contributed by atoms with Gasteiger partial charge in [0.1, 0.15) is 9.96 Å². The molecule has 2 aromatic rings. The quantitative estimate of drug-likeness (QED) is 0.759. The Morgan fingerprint density at radius 2 is 1.96 bits per heavy atom. The molecule has 1 amide bonds. The van der Waals surface area contributed by atoms with Gasteiger partial charge in [0.05, 0.1) is 18.6 Å². The molecule has 0 bridgehead atoms. The van der Waals surface area contributed by atoms with Gasteiger partial charge in [-0.15, -0.1) is 11.3 Å². The van der Waals surface area contributed by atoms with Crippen LogP contribution in [0.15, 0.2) is 34.5 Å². The van der Waals surface area contributed by atoms with Gasteiger partial charge in [0.25, 0.3) is 10.0 Å². The molecule has 6 nitrogen and oxygen atoms in total. The number of nitrogens with zero attached hydrogens (tertiary/aromatic N) is 1. The van der Waals surface area contributed by atoms with Crippen molar-refractivity contribution >= 4 is 44.6 Å². The van der Waals surface area contributed by atoms with Gasteiger partial charge < -0.3 is 10.1 Å². The van der Waals surface area contributed by atoms with Crippen molar-refractivity contribution in [2.75, 3.05) is 25.5 Å². The number of carbonyl (C=O) groups is 1. The predicted molar refractivity (Wildman–Crippen MR) is 107 cm³/mol. The molecular weight excluding hydrogens is 408 g/mol. The van der Waals surface area contributed by atoms with E-state index in [4.69, 9.17) is 16.3 Å². The number of benzene rings is 1. The number of rotatable bonds is 6. The fourth-order valence-corrected chi connectivity index (χ4v) is 6.22. The summed E-state index contributed by atoms with van der Waals surface area (Å²) in [6, 6.07) is 8.26. The molecule has 1 aliphatic rings. The third-order valence-electron chi connectivity index (χ3n) is 4.32. The number of hydrogen-bond donors (Lipinski definition) is 1. The summed E-state index contributed by atoms with van der Waals surface area (Å²) in [4.78, 5) is 13.0. The largest absolute Gasteiger partial charge is 0.495 e. The number of carbonyl (C=O) groups excluding carboxylic acids is 1. The first-order valence-corrected chi connectivity index (χ1v) is 11.3. The van der Waals surface area contributed by atoms with Gasteiger partial charge >= 0.3 is 0 Å². The van der Waals surface area contributed by atoms with Crippen molar-refractivity contribution in [1.29, 1.82) is 0 Å². The first-order chi connectivity index (χ1) is 12.9. The van der Waals surface area contributed by atoms with E-state index in [1.54, 1.807) is 30.3 Å². The average Bonchev–Trinajstić information content (AvgIpc) is 3.12. The Balaban J connectivity index is 1.65. The van der Waals surface area contributed by atoms with Crippen LogP contribution in [0.5, 0.6) is 5.75 Å². The summed E-state index contributed by atoms with van der Waals surface area (Å²) in [6.07, 6.45) is 2.95. The zero-order valence-corrected chi connectivity index (χ0v) is 17.3. The summed E-state index contributed by atoms with van der Waals surface area (Å²) < 4.78 is 32.3. The molecule has 1 aromatic heterocycles. The van der Waals surface area contributed by atoms with E-state index < -0.39 is 10.0 Å². The Morgan fingerprint density at radius 1 is 1.22 bits per heavy atom. The van der Waals surface area contributed by atoms with Crippen LogP contribution in [0.3, 0.4) is 0 Å². The lowest BCUT2D eigenvalue weighted by Crippen LogP contribution is -2.35. The van der Waals surface area contributed by atoms with Gasteiger partial charge in [0.15, 0.2) is 0 Å². The Kier molecular flexibility index (Phi) is 6.41. The van der Waals surface area contributed by atoms with Crippen molar-refractivity contribution < 1.29 is 17.9 Å². The SMILES string of the molecule is COc1ccc(NC(=O)Cc2ccc(S(=O)(=O)N3CCCCC3)s2)cc1Cl. The number of halogens is 1. The molecule has 1 N–H and O–H groups in total. The molecule has 1 aromatic carbocycles. The normalized spacial score (nSPS) is 15.5. The zero-order valence-electron chi connectivity index (χ0n) is 14.9. The minimum atomic E-state index is -3.46. The molecular formula is C18H21ClN2O4S2. The fourth-order valence-electron chi connectivity index (χ4n) is 2.93. The van der Waals surface area contributed by atoms with Crippen LogP contribution in [-0.4, -0.2) is 38.8 Å². The molecule has 0 saturated carbocycles. The second-order valence-electron chi connectivity index (χ2n) is 6.26. The minimum absolute atomic E-state index is 0.101. The Bertz CT molecular complexity index is 921. The van der Waals surface area contributed by atoms with E-state index in [2.05, 4.69) is 5.32 Å². The Morgan fingerprint density at radius 3 is 2.63 bits per heavy atom. The van der Waals surface area contributed by atoms with Crippen LogP contribution >= 0.6 is 22.9 Å². The Labute approximate surface area is 168 Å². The number of methoxy groups -OCH3 is 1. The number of nitrogens with one attached hydrogen (secondary N) is 1. The zero-order chi connectivity index (χ0) is 19.4. The third kappa shape index (κ3) is 4.82. The second kappa shape index (κ2) is 8.60. The fraction of sp³-hybridized carbons (Fsp3) is 0.389. The van der Waals surface area contributed by atoms with Gasteiger partial charge in [-0.25, -0.2) is 8.42 Å². The predicted octanol–water partition coefficient (Wildman–Crippen LogP) is 3.77. The molecule has 1 saturated heterocycles. The summed E-state index contributed by atoms with van der Waals surface area (Å²) in [5, 5.41) is 3.17. The molecule has 27 heavy (non-hydrogen) atoms. The molecule has 1 fully saturated rings. The van der Waals surface area contributed by atoms with Crippen LogP contribution in [0.25, 0.3) is 0 Å². The lowest BCUT2D eigenvalue weighted by atomic mass is 10.2. The van der Waals surface area contributed by atoms with Gasteiger partial charge in [-0.1, -0.05) is 18.0 Å². The maximum absolute atomic E-state index is 12.7. The van der Waals surface area contributed by atoms with Crippen LogP contribution in [0, 0.1) is 0 Å². The number of amides is 1. The first kappa shape index (κ1) is 20.1. The van der Waals surface area contributed by atoms with E-state index in [1.807, 2.05) is 0 Å². The summed E-state index contributed by atoms with van der Waals surface area (Å²) >= 11 is 7.20. The summed E-state index contributed by atoms with van der Waals surface area (Å²) in [6.45, 7) is 1.13. The molecule has 0 atom stereocenters. The molecule has 0 aliphatic carbocycles. The summed E-state index contributed by atoms with van der Waals surface area (Å²) in [7, 11) is -1.94. The van der Waals surface area contributed by atoms with Gasteiger partial charge in [0.2, 0.25) is 5.91 Å². The first-order valence-electron chi connectivity index (χ1n) is 8.62. The Hall–Kier alpha value is -1.61. The topological polar surface area (TPSA) is 75.7 Å². The average molecular weight is 429 g/mol. The van der Waals surface area contributed by atoms with Crippen molar-refractivity contribution in [3.05, 3.63) is 40.2 Å². The second-order valence-corrected chi connectivity index (χ2v) is 10.0. The number of sulfonamides is 1. The van der Waals surface area contributed by atoms with Crippen LogP contribution in [0.4, 0.5) is 5.69 Å². The number of ether oxygens (including phenoxy) is 1. The van der Waals surface area contributed by atoms with Crippen LogP contribution in [0.2, 0.25) is 5.02 Å². The van der Waals surface area contributed by atoms with Crippen LogP contribution in [0.1, 0.15) is 24.1 Å². The van der Waals surface area contributed by atoms with Crippen molar-refractivity contribution in [2.24, 2.45) is 0 Å². The smallest absolute Gasteiger partial charge is 0.252 e. The van der Waals surface area contributed by atoms with E-state index >= 15 is 0 Å². The van der Waals surface area contributed by atoms with E-state index in [0.29, 0.717) is 38.6 Å². The molecule has 9 heteroatoms. The monoisotopic (exact) mass is 428 g/mol. The molecule has 0 spiro atoms. The molecule has 3 rings (SSSR count). The van der Waals surface area contributed by atoms with Crippen molar-refractivity contribution in [3.8, 4) is 5.75 Å². The molecule has 2 heterocycles. The van der Waals surface area contributed by atoms with Crippen molar-refractivity contribution in [2.45, 2.75) is 29.9 Å². The van der Waals surface area contributed by atoms with E-state index in [-0.39, 0.29) is 12.3 Å². The number of piperidine rings is 1. The highest BCUT2D eigenvalue weighted by Crippen LogP contribution is 2.29. The van der Waals surface area contributed by atoms with Gasteiger partial charge in [-0.3, -0.25) is 4.79 Å². The van der Waals surface area contributed by atoms with Crippen LogP contribution in [-0.2, 0) is 21.2 Å². The molecule has 146 valence electrons. The highest BCUT2D eigenvalue weighted by molar-refractivity contribution is 7.91. The van der Waals surface area contributed by atoms with E-state index in [1.165, 1.54) is 11.4 Å².